The van der Waals surface area contributed by atoms with Crippen LogP contribution in [0.4, 0.5) is 4.79 Å². The Labute approximate surface area is 111 Å². The van der Waals surface area contributed by atoms with Crippen molar-refractivity contribution in [2.45, 2.75) is 12.1 Å². The summed E-state index contributed by atoms with van der Waals surface area (Å²) in [7, 11) is 0. The minimum absolute atomic E-state index is 0.0786. The number of aliphatic hydroxyl groups is 1. The van der Waals surface area contributed by atoms with Crippen LogP contribution < -0.4 is 0 Å². The third-order valence-electron chi connectivity index (χ3n) is 3.68. The highest BCUT2D eigenvalue weighted by molar-refractivity contribution is 5.78. The lowest BCUT2D eigenvalue weighted by Crippen LogP contribution is -2.36. The fourth-order valence-corrected chi connectivity index (χ4v) is 2.84. The summed E-state index contributed by atoms with van der Waals surface area (Å²) in [6.07, 6.45) is 1.61. The standard InChI is InChI=1S/C14H16N2O3/c1-2-7-19-16-12-8-15(14(16)18)13(9-17)11-6-4-3-5-10(11)12/h2-6,12-13,17H,1,7-9H2. The van der Waals surface area contributed by atoms with Crippen LogP contribution in [0.25, 0.3) is 0 Å². The lowest BCUT2D eigenvalue weighted by atomic mass is 9.91. The summed E-state index contributed by atoms with van der Waals surface area (Å²) in [5.74, 6) is 0. The number of urea groups is 1. The van der Waals surface area contributed by atoms with Gasteiger partial charge < -0.3 is 10.0 Å². The van der Waals surface area contributed by atoms with Crippen molar-refractivity contribution in [2.75, 3.05) is 19.8 Å². The maximum atomic E-state index is 12.3. The van der Waals surface area contributed by atoms with Crippen LogP contribution in [-0.4, -0.2) is 40.9 Å². The van der Waals surface area contributed by atoms with Gasteiger partial charge in [-0.25, -0.2) is 4.79 Å². The van der Waals surface area contributed by atoms with Crippen LogP contribution >= 0.6 is 0 Å². The molecule has 2 aliphatic heterocycles. The number of nitrogens with zero attached hydrogens (tertiary/aromatic N) is 2. The first-order valence-corrected chi connectivity index (χ1v) is 6.31. The largest absolute Gasteiger partial charge is 0.394 e. The van der Waals surface area contributed by atoms with E-state index in [1.165, 1.54) is 5.06 Å². The van der Waals surface area contributed by atoms with Gasteiger partial charge in [-0.15, -0.1) is 6.58 Å². The number of benzene rings is 1. The highest BCUT2D eigenvalue weighted by Gasteiger charge is 2.48. The van der Waals surface area contributed by atoms with Gasteiger partial charge in [-0.3, -0.25) is 4.84 Å². The second-order valence-corrected chi connectivity index (χ2v) is 4.69. The molecule has 1 saturated heterocycles. The molecule has 2 amide bonds. The molecule has 0 radical (unpaired) electrons. The van der Waals surface area contributed by atoms with E-state index in [0.29, 0.717) is 13.2 Å². The predicted molar refractivity (Wildman–Crippen MR) is 69.1 cm³/mol. The molecule has 2 unspecified atom stereocenters. The minimum atomic E-state index is -0.280. The third kappa shape index (κ3) is 1.74. The SMILES string of the molecule is C=CCON1C(=O)N2CC1c1ccccc1C2CO. The Hall–Kier alpha value is -1.85. The van der Waals surface area contributed by atoms with E-state index in [-0.39, 0.29) is 24.7 Å². The van der Waals surface area contributed by atoms with Crippen LogP contribution in [0.15, 0.2) is 36.9 Å². The zero-order valence-electron chi connectivity index (χ0n) is 10.5. The lowest BCUT2D eigenvalue weighted by molar-refractivity contribution is -0.118. The summed E-state index contributed by atoms with van der Waals surface area (Å²) >= 11 is 0. The first kappa shape index (κ1) is 12.2. The van der Waals surface area contributed by atoms with Crippen LogP contribution in [0.5, 0.6) is 0 Å². The number of hydroxylamine groups is 2. The molecule has 1 fully saturated rings. The second-order valence-electron chi connectivity index (χ2n) is 4.69. The number of rotatable bonds is 4. The summed E-state index contributed by atoms with van der Waals surface area (Å²) in [5.41, 5.74) is 2.05. The van der Waals surface area contributed by atoms with Gasteiger partial charge in [0.15, 0.2) is 0 Å². The van der Waals surface area contributed by atoms with Crippen LogP contribution in [0.1, 0.15) is 23.2 Å². The van der Waals surface area contributed by atoms with Crippen molar-refractivity contribution in [1.29, 1.82) is 0 Å². The molecule has 0 saturated carbocycles. The molecule has 2 bridgehead atoms. The quantitative estimate of drug-likeness (QED) is 0.837. The van der Waals surface area contributed by atoms with E-state index in [4.69, 9.17) is 4.84 Å². The van der Waals surface area contributed by atoms with E-state index in [9.17, 15) is 9.90 Å². The predicted octanol–water partition coefficient (Wildman–Crippen LogP) is 1.63. The Morgan fingerprint density at radius 2 is 2.16 bits per heavy atom. The molecule has 2 atom stereocenters. The summed E-state index contributed by atoms with van der Waals surface area (Å²) in [6.45, 7) is 4.36. The Morgan fingerprint density at radius 1 is 1.42 bits per heavy atom. The van der Waals surface area contributed by atoms with Crippen molar-refractivity contribution in [2.24, 2.45) is 0 Å². The number of hydrogen-bond donors (Lipinski definition) is 1. The zero-order valence-corrected chi connectivity index (χ0v) is 10.5. The highest BCUT2D eigenvalue weighted by atomic mass is 16.7. The van der Waals surface area contributed by atoms with Gasteiger partial charge in [-0.05, 0) is 11.1 Å². The number of carbonyl (C=O) groups excluding carboxylic acids is 1. The maximum Gasteiger partial charge on any atom is 0.345 e. The summed E-state index contributed by atoms with van der Waals surface area (Å²) in [4.78, 5) is 19.4. The Bertz CT molecular complexity index is 517. The van der Waals surface area contributed by atoms with Gasteiger partial charge in [0.25, 0.3) is 0 Å². The average molecular weight is 260 g/mol. The molecule has 0 spiro atoms. The molecule has 1 aromatic carbocycles. The van der Waals surface area contributed by atoms with Crippen LogP contribution in [-0.2, 0) is 4.84 Å². The van der Waals surface area contributed by atoms with Crippen molar-refractivity contribution in [3.05, 3.63) is 48.0 Å². The Kier molecular flexibility index (Phi) is 3.00. The molecule has 2 aliphatic rings. The van der Waals surface area contributed by atoms with Gasteiger partial charge in [-0.1, -0.05) is 30.3 Å². The molecule has 2 heterocycles. The van der Waals surface area contributed by atoms with Crippen molar-refractivity contribution < 1.29 is 14.7 Å². The molecule has 0 aliphatic carbocycles. The van der Waals surface area contributed by atoms with E-state index in [0.717, 1.165) is 11.1 Å². The maximum absolute atomic E-state index is 12.3. The van der Waals surface area contributed by atoms with E-state index < -0.39 is 0 Å². The number of hydrogen-bond acceptors (Lipinski definition) is 3. The van der Waals surface area contributed by atoms with Crippen molar-refractivity contribution >= 4 is 6.03 Å². The van der Waals surface area contributed by atoms with Crippen LogP contribution in [0.3, 0.4) is 0 Å². The van der Waals surface area contributed by atoms with E-state index in [2.05, 4.69) is 6.58 Å². The van der Waals surface area contributed by atoms with Gasteiger partial charge >= 0.3 is 6.03 Å². The number of fused-ring (bicyclic) bond motifs is 4. The van der Waals surface area contributed by atoms with Crippen molar-refractivity contribution in [3.63, 3.8) is 0 Å². The molecule has 100 valence electrons. The zero-order chi connectivity index (χ0) is 13.4. The Balaban J connectivity index is 2.01. The van der Waals surface area contributed by atoms with Gasteiger partial charge in [0.1, 0.15) is 6.04 Å². The smallest absolute Gasteiger partial charge is 0.345 e. The molecule has 0 aromatic heterocycles. The molecule has 5 heteroatoms. The molecule has 19 heavy (non-hydrogen) atoms. The van der Waals surface area contributed by atoms with Crippen LogP contribution in [0, 0.1) is 0 Å². The summed E-state index contributed by atoms with van der Waals surface area (Å²) in [6, 6.07) is 7.23. The van der Waals surface area contributed by atoms with Gasteiger partial charge in [0, 0.05) is 0 Å². The molecular weight excluding hydrogens is 244 g/mol. The van der Waals surface area contributed by atoms with E-state index >= 15 is 0 Å². The third-order valence-corrected chi connectivity index (χ3v) is 3.68. The molecule has 5 nitrogen and oxygen atoms in total. The van der Waals surface area contributed by atoms with Crippen molar-refractivity contribution in [1.82, 2.24) is 9.96 Å². The first-order valence-electron chi connectivity index (χ1n) is 6.31. The van der Waals surface area contributed by atoms with Crippen molar-refractivity contribution in [3.8, 4) is 0 Å². The van der Waals surface area contributed by atoms with Gasteiger partial charge in [0.05, 0.1) is 25.8 Å². The van der Waals surface area contributed by atoms with Gasteiger partial charge in [-0.2, -0.15) is 5.06 Å². The highest BCUT2D eigenvalue weighted by Crippen LogP contribution is 2.43. The lowest BCUT2D eigenvalue weighted by Gasteiger charge is -2.31. The number of carbonyl (C=O) groups is 1. The first-order chi connectivity index (χ1) is 9.27. The minimum Gasteiger partial charge on any atom is -0.394 e. The second kappa shape index (κ2) is 4.68. The molecule has 1 aromatic rings. The molecular formula is C14H16N2O3. The Morgan fingerprint density at radius 3 is 2.84 bits per heavy atom. The fourth-order valence-electron chi connectivity index (χ4n) is 2.84. The fraction of sp³-hybridized carbons (Fsp3) is 0.357. The number of aliphatic hydroxyl groups excluding tert-OH is 1. The van der Waals surface area contributed by atoms with Crippen LogP contribution in [0.2, 0.25) is 0 Å². The van der Waals surface area contributed by atoms with Gasteiger partial charge in [0.2, 0.25) is 0 Å². The summed E-state index contributed by atoms with van der Waals surface area (Å²) < 4.78 is 0. The summed E-state index contributed by atoms with van der Waals surface area (Å²) in [5, 5.41) is 11.0. The monoisotopic (exact) mass is 260 g/mol. The number of amides is 2. The van der Waals surface area contributed by atoms with E-state index in [1.807, 2.05) is 24.3 Å². The molecule has 1 N–H and O–H groups in total. The molecule has 3 rings (SSSR count). The normalized spacial score (nSPS) is 24.6. The van der Waals surface area contributed by atoms with E-state index in [1.54, 1.807) is 11.0 Å². The average Bonchev–Trinajstić information content (AvgIpc) is 2.72. The topological polar surface area (TPSA) is 53.0 Å².